The molecule has 124 valence electrons. The SMILES string of the molecule is C[C@]1(c2ccccc2)OC[C@@H]2CC(O)(Cc3ccccc3)C(=O)N21. The number of benzene rings is 2. The molecule has 0 bridgehead atoms. The van der Waals surface area contributed by atoms with Crippen LogP contribution in [0.1, 0.15) is 24.5 Å². The highest BCUT2D eigenvalue weighted by Crippen LogP contribution is 2.46. The van der Waals surface area contributed by atoms with Gasteiger partial charge in [-0.25, -0.2) is 0 Å². The second-order valence-electron chi connectivity index (χ2n) is 6.89. The van der Waals surface area contributed by atoms with Gasteiger partial charge in [-0.05, 0) is 12.5 Å². The van der Waals surface area contributed by atoms with Crippen LogP contribution in [0.5, 0.6) is 0 Å². The van der Waals surface area contributed by atoms with Gasteiger partial charge < -0.3 is 14.7 Å². The van der Waals surface area contributed by atoms with Crippen LogP contribution >= 0.6 is 0 Å². The van der Waals surface area contributed by atoms with Gasteiger partial charge in [0.05, 0.1) is 12.6 Å². The molecule has 3 atom stereocenters. The van der Waals surface area contributed by atoms with Gasteiger partial charge in [0.15, 0.2) is 5.72 Å². The number of nitrogens with zero attached hydrogens (tertiary/aromatic N) is 1. The van der Waals surface area contributed by atoms with Gasteiger partial charge in [-0.15, -0.1) is 0 Å². The Morgan fingerprint density at radius 2 is 1.75 bits per heavy atom. The maximum absolute atomic E-state index is 13.1. The van der Waals surface area contributed by atoms with Crippen molar-refractivity contribution < 1.29 is 14.6 Å². The summed E-state index contributed by atoms with van der Waals surface area (Å²) in [7, 11) is 0. The second-order valence-corrected chi connectivity index (χ2v) is 6.89. The highest BCUT2D eigenvalue weighted by Gasteiger charge is 2.60. The lowest BCUT2D eigenvalue weighted by molar-refractivity contribution is -0.160. The zero-order valence-electron chi connectivity index (χ0n) is 13.7. The zero-order valence-corrected chi connectivity index (χ0v) is 13.7. The Balaban J connectivity index is 1.65. The van der Waals surface area contributed by atoms with Crippen LogP contribution < -0.4 is 0 Å². The lowest BCUT2D eigenvalue weighted by atomic mass is 9.91. The molecule has 1 amide bonds. The molecular weight excluding hydrogens is 302 g/mol. The first-order valence-corrected chi connectivity index (χ1v) is 8.32. The molecule has 0 aliphatic carbocycles. The Labute approximate surface area is 141 Å². The summed E-state index contributed by atoms with van der Waals surface area (Å²) in [4.78, 5) is 14.8. The molecule has 0 radical (unpaired) electrons. The third-order valence-corrected chi connectivity index (χ3v) is 5.22. The molecule has 1 unspecified atom stereocenters. The predicted octanol–water partition coefficient (Wildman–Crippen LogP) is 2.46. The van der Waals surface area contributed by atoms with E-state index in [1.807, 2.05) is 67.6 Å². The van der Waals surface area contributed by atoms with E-state index >= 15 is 0 Å². The van der Waals surface area contributed by atoms with Crippen LogP contribution in [-0.2, 0) is 21.7 Å². The smallest absolute Gasteiger partial charge is 0.257 e. The topological polar surface area (TPSA) is 49.8 Å². The fourth-order valence-electron chi connectivity index (χ4n) is 4.01. The van der Waals surface area contributed by atoms with Crippen molar-refractivity contribution in [2.75, 3.05) is 6.61 Å². The fraction of sp³-hybridized carbons (Fsp3) is 0.350. The van der Waals surface area contributed by atoms with Crippen LogP contribution in [0.4, 0.5) is 0 Å². The summed E-state index contributed by atoms with van der Waals surface area (Å²) in [6.07, 6.45) is 0.744. The molecule has 1 N–H and O–H groups in total. The van der Waals surface area contributed by atoms with Gasteiger partial charge in [0, 0.05) is 18.4 Å². The molecular formula is C20H21NO3. The van der Waals surface area contributed by atoms with Gasteiger partial charge in [0.1, 0.15) is 5.60 Å². The number of carbonyl (C=O) groups excluding carboxylic acids is 1. The Hall–Kier alpha value is -2.17. The van der Waals surface area contributed by atoms with Crippen molar-refractivity contribution >= 4 is 5.91 Å². The van der Waals surface area contributed by atoms with E-state index < -0.39 is 11.3 Å². The predicted molar refractivity (Wildman–Crippen MR) is 90.1 cm³/mol. The molecule has 2 aromatic carbocycles. The standard InChI is InChI=1S/C20H21NO3/c1-19(16-10-6-3-7-11-16)21-17(14-24-19)13-20(23,18(21)22)12-15-8-4-2-5-9-15/h2-11,17,23H,12-14H2,1H3/t17-,19+,20?/m0/s1. The van der Waals surface area contributed by atoms with Gasteiger partial charge in [-0.2, -0.15) is 0 Å². The highest BCUT2D eigenvalue weighted by molar-refractivity contribution is 5.89. The number of hydrogen-bond acceptors (Lipinski definition) is 3. The van der Waals surface area contributed by atoms with Crippen LogP contribution in [0.15, 0.2) is 60.7 Å². The molecule has 4 heteroatoms. The first-order valence-electron chi connectivity index (χ1n) is 8.32. The quantitative estimate of drug-likeness (QED) is 0.944. The van der Waals surface area contributed by atoms with Gasteiger partial charge in [0.2, 0.25) is 0 Å². The minimum atomic E-state index is -1.36. The average Bonchev–Trinajstić information content (AvgIpc) is 3.05. The number of fused-ring (bicyclic) bond motifs is 1. The molecule has 4 rings (SSSR count). The summed E-state index contributed by atoms with van der Waals surface area (Å²) in [5.41, 5.74) is -0.266. The first kappa shape index (κ1) is 15.4. The Morgan fingerprint density at radius 3 is 2.42 bits per heavy atom. The van der Waals surface area contributed by atoms with E-state index in [0.29, 0.717) is 19.4 Å². The third-order valence-electron chi connectivity index (χ3n) is 5.22. The number of hydrogen-bond donors (Lipinski definition) is 1. The van der Waals surface area contributed by atoms with Crippen molar-refractivity contribution in [1.82, 2.24) is 4.90 Å². The Kier molecular flexibility index (Phi) is 3.48. The molecule has 24 heavy (non-hydrogen) atoms. The molecule has 2 saturated heterocycles. The summed E-state index contributed by atoms with van der Waals surface area (Å²) < 4.78 is 6.00. The number of carbonyl (C=O) groups is 1. The van der Waals surface area contributed by atoms with Gasteiger partial charge in [-0.3, -0.25) is 4.79 Å². The van der Waals surface area contributed by atoms with Crippen LogP contribution in [-0.4, -0.2) is 34.2 Å². The van der Waals surface area contributed by atoms with Crippen molar-refractivity contribution in [2.45, 2.75) is 37.1 Å². The molecule has 0 saturated carbocycles. The van der Waals surface area contributed by atoms with Crippen molar-refractivity contribution in [2.24, 2.45) is 0 Å². The van der Waals surface area contributed by atoms with Crippen molar-refractivity contribution in [3.05, 3.63) is 71.8 Å². The molecule has 0 spiro atoms. The van der Waals surface area contributed by atoms with E-state index in [0.717, 1.165) is 11.1 Å². The van der Waals surface area contributed by atoms with Crippen molar-refractivity contribution in [3.63, 3.8) is 0 Å². The van der Waals surface area contributed by atoms with Crippen LogP contribution in [0.25, 0.3) is 0 Å². The van der Waals surface area contributed by atoms with E-state index in [1.54, 1.807) is 4.90 Å². The molecule has 2 aliphatic rings. The summed E-state index contributed by atoms with van der Waals surface area (Å²) in [6.45, 7) is 2.36. The first-order chi connectivity index (χ1) is 11.5. The lowest BCUT2D eigenvalue weighted by Gasteiger charge is -2.35. The van der Waals surface area contributed by atoms with Gasteiger partial charge in [0.25, 0.3) is 5.91 Å². The molecule has 2 aromatic rings. The monoisotopic (exact) mass is 323 g/mol. The normalized spacial score (nSPS) is 32.2. The summed E-state index contributed by atoms with van der Waals surface area (Å²) in [5, 5.41) is 11.1. The van der Waals surface area contributed by atoms with E-state index in [2.05, 4.69) is 0 Å². The molecule has 2 heterocycles. The number of ether oxygens (including phenoxy) is 1. The molecule has 0 aromatic heterocycles. The Bertz CT molecular complexity index is 748. The lowest BCUT2D eigenvalue weighted by Crippen LogP contribution is -2.49. The largest absolute Gasteiger partial charge is 0.380 e. The van der Waals surface area contributed by atoms with Crippen molar-refractivity contribution in [1.29, 1.82) is 0 Å². The van der Waals surface area contributed by atoms with E-state index in [4.69, 9.17) is 4.74 Å². The highest BCUT2D eigenvalue weighted by atomic mass is 16.5. The maximum atomic E-state index is 13.1. The average molecular weight is 323 g/mol. The third kappa shape index (κ3) is 2.26. The zero-order chi connectivity index (χ0) is 16.8. The number of amides is 1. The van der Waals surface area contributed by atoms with Crippen LogP contribution in [0, 0.1) is 0 Å². The fourth-order valence-corrected chi connectivity index (χ4v) is 4.01. The summed E-state index contributed by atoms with van der Waals surface area (Å²) >= 11 is 0. The van der Waals surface area contributed by atoms with Crippen LogP contribution in [0.2, 0.25) is 0 Å². The van der Waals surface area contributed by atoms with E-state index in [1.165, 1.54) is 0 Å². The minimum Gasteiger partial charge on any atom is -0.380 e. The molecule has 4 nitrogen and oxygen atoms in total. The molecule has 2 aliphatic heterocycles. The van der Waals surface area contributed by atoms with E-state index in [9.17, 15) is 9.90 Å². The summed E-state index contributed by atoms with van der Waals surface area (Å²) in [6, 6.07) is 19.3. The number of rotatable bonds is 3. The van der Waals surface area contributed by atoms with Crippen molar-refractivity contribution in [3.8, 4) is 0 Å². The second kappa shape index (κ2) is 5.43. The van der Waals surface area contributed by atoms with Gasteiger partial charge >= 0.3 is 0 Å². The van der Waals surface area contributed by atoms with Gasteiger partial charge in [-0.1, -0.05) is 60.7 Å². The summed E-state index contributed by atoms with van der Waals surface area (Å²) in [5.74, 6) is -0.236. The number of aliphatic hydroxyl groups is 1. The Morgan fingerprint density at radius 1 is 1.12 bits per heavy atom. The maximum Gasteiger partial charge on any atom is 0.257 e. The van der Waals surface area contributed by atoms with Crippen LogP contribution in [0.3, 0.4) is 0 Å². The minimum absolute atomic E-state index is 0.0866. The van der Waals surface area contributed by atoms with E-state index in [-0.39, 0.29) is 11.9 Å². The molecule has 2 fully saturated rings.